The summed E-state index contributed by atoms with van der Waals surface area (Å²) < 4.78 is 2.39. The van der Waals surface area contributed by atoms with Gasteiger partial charge in [0.05, 0.1) is 22.4 Å². The third-order valence-corrected chi connectivity index (χ3v) is 10.5. The van der Waals surface area contributed by atoms with Gasteiger partial charge in [0.15, 0.2) is 17.5 Å². The first-order valence-corrected chi connectivity index (χ1v) is 18.2. The number of nitrogens with zero attached hydrogens (tertiary/aromatic N) is 5. The Morgan fingerprint density at radius 2 is 0.907 bits per heavy atom. The highest BCUT2D eigenvalue weighted by atomic mass is 15.2. The van der Waals surface area contributed by atoms with Crippen LogP contribution in [0.3, 0.4) is 0 Å². The zero-order valence-corrected chi connectivity index (χ0v) is 29.1. The van der Waals surface area contributed by atoms with Gasteiger partial charge in [-0.05, 0) is 71.6 Å². The maximum absolute atomic E-state index is 5.08. The average molecular weight is 690 g/mol. The second-order valence-corrected chi connectivity index (χ2v) is 13.7. The Balaban J connectivity index is 1.20. The Kier molecular flexibility index (Phi) is 6.79. The highest BCUT2D eigenvalue weighted by molar-refractivity contribution is 6.19. The van der Waals surface area contributed by atoms with Crippen molar-refractivity contribution in [3.05, 3.63) is 188 Å². The number of fused-ring (bicyclic) bond motifs is 5. The van der Waals surface area contributed by atoms with Crippen LogP contribution in [0.25, 0.3) is 83.6 Å². The van der Waals surface area contributed by atoms with Crippen LogP contribution in [0.5, 0.6) is 0 Å². The van der Waals surface area contributed by atoms with Crippen molar-refractivity contribution in [2.45, 2.75) is 0 Å². The van der Waals surface area contributed by atoms with Crippen LogP contribution in [0.15, 0.2) is 188 Å². The van der Waals surface area contributed by atoms with E-state index in [1.807, 2.05) is 60.7 Å². The summed E-state index contributed by atoms with van der Waals surface area (Å²) in [7, 11) is 0. The summed E-state index contributed by atoms with van der Waals surface area (Å²) >= 11 is 0. The summed E-state index contributed by atoms with van der Waals surface area (Å²) in [6.45, 7) is 0. The normalized spacial score (nSPS) is 12.0. The molecule has 5 heteroatoms. The molecule has 1 aliphatic heterocycles. The SMILES string of the molecule is c1ccc(-c2nc(-c3ccccc3)nc(-c3ccc4c(c3)c3cc5c(cc3n4-c3ccccc3)N(c3ccccc3)c3cccc4cccc-5c34)n2)cc1. The van der Waals surface area contributed by atoms with Crippen LogP contribution < -0.4 is 4.90 Å². The first-order valence-electron chi connectivity index (χ1n) is 18.2. The van der Waals surface area contributed by atoms with Crippen molar-refractivity contribution in [1.29, 1.82) is 0 Å². The maximum atomic E-state index is 5.08. The molecule has 0 N–H and O–H groups in total. The molecule has 8 aromatic carbocycles. The lowest BCUT2D eigenvalue weighted by molar-refractivity contribution is 1.07. The van der Waals surface area contributed by atoms with E-state index in [-0.39, 0.29) is 0 Å². The molecule has 0 unspecified atom stereocenters. The van der Waals surface area contributed by atoms with E-state index in [9.17, 15) is 0 Å². The predicted molar refractivity (Wildman–Crippen MR) is 222 cm³/mol. The minimum absolute atomic E-state index is 0.636. The zero-order chi connectivity index (χ0) is 35.6. The first-order chi connectivity index (χ1) is 26.8. The summed E-state index contributed by atoms with van der Waals surface area (Å²) in [5, 5.41) is 4.79. The fraction of sp³-hybridized carbons (Fsp3) is 0. The van der Waals surface area contributed by atoms with Crippen molar-refractivity contribution in [1.82, 2.24) is 19.5 Å². The third kappa shape index (κ3) is 4.76. The highest BCUT2D eigenvalue weighted by Crippen LogP contribution is 2.53. The fourth-order valence-corrected chi connectivity index (χ4v) is 8.10. The Morgan fingerprint density at radius 1 is 0.352 bits per heavy atom. The number of para-hydroxylation sites is 2. The van der Waals surface area contributed by atoms with Crippen molar-refractivity contribution in [3.63, 3.8) is 0 Å². The lowest BCUT2D eigenvalue weighted by Gasteiger charge is -2.33. The lowest BCUT2D eigenvalue weighted by atomic mass is 9.89. The van der Waals surface area contributed by atoms with Gasteiger partial charge in [-0.3, -0.25) is 0 Å². The third-order valence-electron chi connectivity index (χ3n) is 10.5. The van der Waals surface area contributed by atoms with E-state index in [0.29, 0.717) is 17.5 Å². The lowest BCUT2D eigenvalue weighted by Crippen LogP contribution is -2.15. The monoisotopic (exact) mass is 689 g/mol. The minimum atomic E-state index is 0.636. The van der Waals surface area contributed by atoms with Gasteiger partial charge in [0.2, 0.25) is 0 Å². The van der Waals surface area contributed by atoms with E-state index in [1.165, 1.54) is 33.0 Å². The van der Waals surface area contributed by atoms with Gasteiger partial charge in [-0.15, -0.1) is 0 Å². The number of hydrogen-bond donors (Lipinski definition) is 0. The van der Waals surface area contributed by atoms with E-state index >= 15 is 0 Å². The van der Waals surface area contributed by atoms with Crippen LogP contribution in [-0.4, -0.2) is 19.5 Å². The van der Waals surface area contributed by atoms with Crippen molar-refractivity contribution in [2.75, 3.05) is 4.90 Å². The molecule has 0 amide bonds. The average Bonchev–Trinajstić information content (AvgIpc) is 3.57. The number of anilines is 3. The topological polar surface area (TPSA) is 46.8 Å². The van der Waals surface area contributed by atoms with Crippen LogP contribution in [0.1, 0.15) is 0 Å². The largest absolute Gasteiger partial charge is 0.309 e. The van der Waals surface area contributed by atoms with E-state index in [2.05, 4.69) is 137 Å². The van der Waals surface area contributed by atoms with Gasteiger partial charge >= 0.3 is 0 Å². The van der Waals surface area contributed by atoms with E-state index in [4.69, 9.17) is 15.0 Å². The second-order valence-electron chi connectivity index (χ2n) is 13.7. The molecular formula is C49H31N5. The Morgan fingerprint density at radius 3 is 1.56 bits per heavy atom. The molecular weight excluding hydrogens is 659 g/mol. The molecule has 0 saturated heterocycles. The smallest absolute Gasteiger partial charge is 0.164 e. The van der Waals surface area contributed by atoms with Gasteiger partial charge in [-0.25, -0.2) is 15.0 Å². The van der Waals surface area contributed by atoms with E-state index < -0.39 is 0 Å². The van der Waals surface area contributed by atoms with Gasteiger partial charge in [-0.2, -0.15) is 0 Å². The number of rotatable bonds is 5. The van der Waals surface area contributed by atoms with Gasteiger partial charge in [-0.1, -0.05) is 127 Å². The van der Waals surface area contributed by atoms with Crippen LogP contribution in [-0.2, 0) is 0 Å². The number of hydrogen-bond acceptors (Lipinski definition) is 4. The number of aromatic nitrogens is 4. The molecule has 0 aliphatic carbocycles. The molecule has 0 bridgehead atoms. The fourth-order valence-electron chi connectivity index (χ4n) is 8.10. The van der Waals surface area contributed by atoms with Crippen LogP contribution in [0, 0.1) is 0 Å². The summed E-state index contributed by atoms with van der Waals surface area (Å²) in [5.41, 5.74) is 12.1. The molecule has 0 atom stereocenters. The summed E-state index contributed by atoms with van der Waals surface area (Å²) in [6.07, 6.45) is 0. The Hall–Kier alpha value is -7.37. The predicted octanol–water partition coefficient (Wildman–Crippen LogP) is 12.6. The van der Waals surface area contributed by atoms with Gasteiger partial charge in [0, 0.05) is 49.8 Å². The van der Waals surface area contributed by atoms with Crippen molar-refractivity contribution in [2.24, 2.45) is 0 Å². The molecule has 2 aromatic heterocycles. The molecule has 0 saturated carbocycles. The molecule has 3 heterocycles. The molecule has 54 heavy (non-hydrogen) atoms. The van der Waals surface area contributed by atoms with Crippen LogP contribution in [0.2, 0.25) is 0 Å². The van der Waals surface area contributed by atoms with Crippen molar-refractivity contribution < 1.29 is 0 Å². The van der Waals surface area contributed by atoms with E-state index in [0.717, 1.165) is 50.2 Å². The van der Waals surface area contributed by atoms with Gasteiger partial charge < -0.3 is 9.47 Å². The molecule has 11 rings (SSSR count). The molecule has 252 valence electrons. The minimum Gasteiger partial charge on any atom is -0.309 e. The maximum Gasteiger partial charge on any atom is 0.164 e. The Bertz CT molecular complexity index is 2970. The van der Waals surface area contributed by atoms with E-state index in [1.54, 1.807) is 0 Å². The zero-order valence-electron chi connectivity index (χ0n) is 29.1. The Labute approximate surface area is 312 Å². The van der Waals surface area contributed by atoms with Crippen molar-refractivity contribution in [3.8, 4) is 51.0 Å². The van der Waals surface area contributed by atoms with Crippen LogP contribution >= 0.6 is 0 Å². The molecule has 0 fully saturated rings. The van der Waals surface area contributed by atoms with Crippen molar-refractivity contribution >= 4 is 49.6 Å². The summed E-state index contributed by atoms with van der Waals surface area (Å²) in [5.74, 6) is 1.93. The molecule has 10 aromatic rings. The summed E-state index contributed by atoms with van der Waals surface area (Å²) in [6, 6.07) is 66.3. The van der Waals surface area contributed by atoms with Gasteiger partial charge in [0.1, 0.15) is 0 Å². The molecule has 0 spiro atoms. The van der Waals surface area contributed by atoms with Gasteiger partial charge in [0.25, 0.3) is 0 Å². The summed E-state index contributed by atoms with van der Waals surface area (Å²) in [4.78, 5) is 17.5. The second kappa shape index (κ2) is 12.1. The molecule has 0 radical (unpaired) electrons. The quantitative estimate of drug-likeness (QED) is 0.180. The number of benzene rings is 8. The standard InChI is InChI=1S/C49H31N5/c1-5-15-33(16-6-1)47-50-48(34-17-7-2-8-18-34)52-49(51-47)35-27-28-42-39(29-35)41-30-40-38-25-13-19-32-20-14-26-43(46(32)38)54(37-23-11-4-12-24-37)44(40)31-45(41)53(42)36-21-9-3-10-22-36/h1-31H. The first kappa shape index (κ1) is 30.3. The highest BCUT2D eigenvalue weighted by Gasteiger charge is 2.28. The van der Waals surface area contributed by atoms with Crippen LogP contribution in [0.4, 0.5) is 17.1 Å². The molecule has 1 aliphatic rings. The molecule has 5 nitrogen and oxygen atoms in total.